The normalized spacial score (nSPS) is 10.9. The number of furan rings is 1. The fourth-order valence-electron chi connectivity index (χ4n) is 2.25. The van der Waals surface area contributed by atoms with E-state index >= 15 is 0 Å². The van der Waals surface area contributed by atoms with E-state index in [4.69, 9.17) is 4.42 Å². The number of hydrogen-bond acceptors (Lipinski definition) is 2. The van der Waals surface area contributed by atoms with Gasteiger partial charge in [0, 0.05) is 25.7 Å². The Balaban J connectivity index is 1.74. The van der Waals surface area contributed by atoms with Gasteiger partial charge in [0.2, 0.25) is 0 Å². The summed E-state index contributed by atoms with van der Waals surface area (Å²) in [6.07, 6.45) is 1.62. The zero-order chi connectivity index (χ0) is 14.1. The third kappa shape index (κ3) is 2.20. The molecule has 1 amide bonds. The van der Waals surface area contributed by atoms with Gasteiger partial charge in [0.1, 0.15) is 5.69 Å². The molecule has 0 atom stereocenters. The summed E-state index contributed by atoms with van der Waals surface area (Å²) in [5.41, 5.74) is 4.55. The van der Waals surface area contributed by atoms with Crippen molar-refractivity contribution in [1.82, 2.24) is 9.88 Å². The number of nitrogens with one attached hydrogen (secondary N) is 1. The van der Waals surface area contributed by atoms with Crippen LogP contribution in [0.25, 0.3) is 11.1 Å². The van der Waals surface area contributed by atoms with E-state index in [1.165, 1.54) is 5.56 Å². The minimum Gasteiger partial charge on any atom is -0.463 e. The average molecular weight is 268 g/mol. The van der Waals surface area contributed by atoms with Gasteiger partial charge in [0.05, 0.1) is 11.8 Å². The van der Waals surface area contributed by atoms with Crippen molar-refractivity contribution < 1.29 is 9.21 Å². The molecule has 2 heterocycles. The van der Waals surface area contributed by atoms with Crippen LogP contribution in [0.3, 0.4) is 0 Å². The van der Waals surface area contributed by atoms with Crippen LogP contribution in [0.1, 0.15) is 21.6 Å². The van der Waals surface area contributed by atoms with Gasteiger partial charge in [-0.25, -0.2) is 0 Å². The van der Waals surface area contributed by atoms with E-state index in [9.17, 15) is 4.79 Å². The Kier molecular flexibility index (Phi) is 3.06. The zero-order valence-corrected chi connectivity index (χ0v) is 11.5. The minimum absolute atomic E-state index is 0.0977. The summed E-state index contributed by atoms with van der Waals surface area (Å²) in [6, 6.07) is 11.7. The number of aromatic nitrogens is 1. The number of hydrogen-bond donors (Lipinski definition) is 1. The topological polar surface area (TPSA) is 47.2 Å². The highest BCUT2D eigenvalue weighted by atomic mass is 16.3. The predicted molar refractivity (Wildman–Crippen MR) is 77.5 cm³/mol. The smallest absolute Gasteiger partial charge is 0.268 e. The molecule has 0 fully saturated rings. The Bertz CT molecular complexity index is 750. The van der Waals surface area contributed by atoms with Gasteiger partial charge in [-0.1, -0.05) is 29.8 Å². The van der Waals surface area contributed by atoms with Gasteiger partial charge in [-0.2, -0.15) is 0 Å². The van der Waals surface area contributed by atoms with Gasteiger partial charge in [-0.15, -0.1) is 0 Å². The van der Waals surface area contributed by atoms with Crippen molar-refractivity contribution in [2.24, 2.45) is 7.05 Å². The van der Waals surface area contributed by atoms with Crippen molar-refractivity contribution in [2.75, 3.05) is 0 Å². The van der Waals surface area contributed by atoms with Crippen molar-refractivity contribution in [3.63, 3.8) is 0 Å². The van der Waals surface area contributed by atoms with Crippen LogP contribution in [0.2, 0.25) is 0 Å². The van der Waals surface area contributed by atoms with Crippen LogP contribution in [-0.2, 0) is 13.6 Å². The lowest BCUT2D eigenvalue weighted by molar-refractivity contribution is 0.0943. The Morgan fingerprint density at radius 3 is 2.70 bits per heavy atom. The second-order valence-electron chi connectivity index (χ2n) is 4.93. The maximum absolute atomic E-state index is 12.2. The van der Waals surface area contributed by atoms with Gasteiger partial charge in [0.25, 0.3) is 5.91 Å². The number of benzene rings is 1. The van der Waals surface area contributed by atoms with Crippen molar-refractivity contribution in [3.8, 4) is 0 Å². The third-order valence-corrected chi connectivity index (χ3v) is 3.47. The molecule has 1 N–H and O–H groups in total. The first-order valence-electron chi connectivity index (χ1n) is 6.52. The SMILES string of the molecule is Cc1ccc(CNC(=O)c2cc3occc3n2C)cc1. The number of carbonyl (C=O) groups is 1. The summed E-state index contributed by atoms with van der Waals surface area (Å²) in [5, 5.41) is 2.92. The van der Waals surface area contributed by atoms with Gasteiger partial charge in [0.15, 0.2) is 5.58 Å². The van der Waals surface area contributed by atoms with Crippen molar-refractivity contribution >= 4 is 17.0 Å². The second-order valence-corrected chi connectivity index (χ2v) is 4.93. The fourth-order valence-corrected chi connectivity index (χ4v) is 2.25. The number of nitrogens with zero attached hydrogens (tertiary/aromatic N) is 1. The molecule has 4 nitrogen and oxygen atoms in total. The van der Waals surface area contributed by atoms with E-state index < -0.39 is 0 Å². The minimum atomic E-state index is -0.0977. The molecule has 0 radical (unpaired) electrons. The Morgan fingerprint density at radius 1 is 1.25 bits per heavy atom. The molecular formula is C16H16N2O2. The van der Waals surface area contributed by atoms with Crippen LogP contribution in [0, 0.1) is 6.92 Å². The van der Waals surface area contributed by atoms with Gasteiger partial charge >= 0.3 is 0 Å². The molecule has 1 aromatic carbocycles. The molecule has 0 bridgehead atoms. The monoisotopic (exact) mass is 268 g/mol. The predicted octanol–water partition coefficient (Wildman–Crippen LogP) is 3.01. The highest BCUT2D eigenvalue weighted by Crippen LogP contribution is 2.19. The molecule has 0 spiro atoms. The summed E-state index contributed by atoms with van der Waals surface area (Å²) in [4.78, 5) is 12.2. The lowest BCUT2D eigenvalue weighted by Gasteiger charge is -2.06. The van der Waals surface area contributed by atoms with Crippen LogP contribution in [0.5, 0.6) is 0 Å². The van der Waals surface area contributed by atoms with Crippen LogP contribution < -0.4 is 5.32 Å². The first-order valence-corrected chi connectivity index (χ1v) is 6.52. The Labute approximate surface area is 117 Å². The maximum Gasteiger partial charge on any atom is 0.268 e. The number of fused-ring (bicyclic) bond motifs is 1. The molecule has 0 aliphatic heterocycles. The molecule has 102 valence electrons. The molecule has 3 rings (SSSR count). The Morgan fingerprint density at radius 2 is 2.00 bits per heavy atom. The number of carbonyl (C=O) groups excluding carboxylic acids is 1. The van der Waals surface area contributed by atoms with E-state index in [2.05, 4.69) is 5.32 Å². The molecular weight excluding hydrogens is 252 g/mol. The summed E-state index contributed by atoms with van der Waals surface area (Å²) in [6.45, 7) is 2.56. The zero-order valence-electron chi connectivity index (χ0n) is 11.5. The molecule has 0 aliphatic rings. The van der Waals surface area contributed by atoms with Gasteiger partial charge < -0.3 is 14.3 Å². The van der Waals surface area contributed by atoms with Crippen LogP contribution in [0.4, 0.5) is 0 Å². The summed E-state index contributed by atoms with van der Waals surface area (Å²) >= 11 is 0. The van der Waals surface area contributed by atoms with E-state index in [1.807, 2.05) is 48.9 Å². The summed E-state index contributed by atoms with van der Waals surface area (Å²) < 4.78 is 7.14. The summed E-state index contributed by atoms with van der Waals surface area (Å²) in [7, 11) is 1.86. The number of aryl methyl sites for hydroxylation is 2. The molecule has 20 heavy (non-hydrogen) atoms. The third-order valence-electron chi connectivity index (χ3n) is 3.47. The lowest BCUT2D eigenvalue weighted by atomic mass is 10.1. The van der Waals surface area contributed by atoms with E-state index in [0.717, 1.165) is 16.7 Å². The van der Waals surface area contributed by atoms with Gasteiger partial charge in [-0.05, 0) is 12.5 Å². The van der Waals surface area contributed by atoms with E-state index in [0.29, 0.717) is 12.2 Å². The highest BCUT2D eigenvalue weighted by Gasteiger charge is 2.14. The van der Waals surface area contributed by atoms with Crippen molar-refractivity contribution in [1.29, 1.82) is 0 Å². The largest absolute Gasteiger partial charge is 0.463 e. The molecule has 3 aromatic rings. The number of amides is 1. The molecule has 4 heteroatoms. The van der Waals surface area contributed by atoms with Crippen LogP contribution in [-0.4, -0.2) is 10.5 Å². The standard InChI is InChI=1S/C16H16N2O2/c1-11-3-5-12(6-4-11)10-17-16(19)14-9-15-13(18(14)2)7-8-20-15/h3-9H,10H2,1-2H3,(H,17,19). The fraction of sp³-hybridized carbons (Fsp3) is 0.188. The summed E-state index contributed by atoms with van der Waals surface area (Å²) in [5.74, 6) is -0.0977. The van der Waals surface area contributed by atoms with Gasteiger partial charge in [-0.3, -0.25) is 4.79 Å². The molecule has 0 unspecified atom stereocenters. The maximum atomic E-state index is 12.2. The Hall–Kier alpha value is -2.49. The van der Waals surface area contributed by atoms with E-state index in [1.54, 1.807) is 12.3 Å². The lowest BCUT2D eigenvalue weighted by Crippen LogP contribution is -2.24. The molecule has 0 aliphatic carbocycles. The highest BCUT2D eigenvalue weighted by molar-refractivity contribution is 5.97. The van der Waals surface area contributed by atoms with Crippen LogP contribution >= 0.6 is 0 Å². The van der Waals surface area contributed by atoms with E-state index in [-0.39, 0.29) is 5.91 Å². The molecule has 0 saturated carbocycles. The van der Waals surface area contributed by atoms with Crippen molar-refractivity contribution in [2.45, 2.75) is 13.5 Å². The first kappa shape index (κ1) is 12.5. The molecule has 0 saturated heterocycles. The average Bonchev–Trinajstić information content (AvgIpc) is 3.01. The van der Waals surface area contributed by atoms with Crippen LogP contribution in [0.15, 0.2) is 47.1 Å². The first-order chi connectivity index (χ1) is 9.65. The second kappa shape index (κ2) is 4.89. The van der Waals surface area contributed by atoms with Crippen molar-refractivity contribution in [3.05, 3.63) is 59.5 Å². The molecule has 2 aromatic heterocycles. The number of rotatable bonds is 3. The quantitative estimate of drug-likeness (QED) is 0.793.